The molecule has 1 unspecified atom stereocenters. The molecule has 4 rings (SSSR count). The number of carbonyl (C=O) groups is 1. The summed E-state index contributed by atoms with van der Waals surface area (Å²) >= 11 is 0. The van der Waals surface area contributed by atoms with Gasteiger partial charge in [0.05, 0.1) is 18.9 Å². The number of aromatic nitrogens is 1. The van der Waals surface area contributed by atoms with Crippen LogP contribution < -0.4 is 10.3 Å². The van der Waals surface area contributed by atoms with Gasteiger partial charge in [0.25, 0.3) is 5.56 Å². The van der Waals surface area contributed by atoms with Gasteiger partial charge in [-0.25, -0.2) is 0 Å². The fourth-order valence-corrected chi connectivity index (χ4v) is 3.68. The molecule has 1 aliphatic heterocycles. The second-order valence-corrected chi connectivity index (χ2v) is 6.92. The molecule has 3 heterocycles. The van der Waals surface area contributed by atoms with Crippen molar-refractivity contribution in [3.05, 3.63) is 64.3 Å². The summed E-state index contributed by atoms with van der Waals surface area (Å²) in [5.41, 5.74) is 1.21. The number of furan rings is 1. The lowest BCUT2D eigenvalue weighted by molar-refractivity contribution is -0.130. The minimum atomic E-state index is -0.154. The normalized spacial score (nSPS) is 16.8. The molecule has 1 fully saturated rings. The van der Waals surface area contributed by atoms with Crippen LogP contribution in [0.5, 0.6) is 5.75 Å². The summed E-state index contributed by atoms with van der Waals surface area (Å²) < 4.78 is 10.6. The third kappa shape index (κ3) is 3.60. The molecule has 0 radical (unpaired) electrons. The fourth-order valence-electron chi connectivity index (χ4n) is 3.68. The van der Waals surface area contributed by atoms with E-state index in [4.69, 9.17) is 9.15 Å². The highest BCUT2D eigenvalue weighted by Crippen LogP contribution is 2.28. The average Bonchev–Trinajstić information content (AvgIpc) is 3.37. The van der Waals surface area contributed by atoms with Gasteiger partial charge in [-0.05, 0) is 48.6 Å². The average molecular weight is 366 g/mol. The number of fused-ring (bicyclic) bond motifs is 1. The van der Waals surface area contributed by atoms with E-state index in [9.17, 15) is 9.59 Å². The molecule has 6 nitrogen and oxygen atoms in total. The predicted molar refractivity (Wildman–Crippen MR) is 102 cm³/mol. The number of methoxy groups -OCH3 is 1. The minimum Gasteiger partial charge on any atom is -0.497 e. The van der Waals surface area contributed by atoms with Crippen LogP contribution >= 0.6 is 0 Å². The number of hydrogen-bond acceptors (Lipinski definition) is 4. The lowest BCUT2D eigenvalue weighted by Gasteiger charge is -2.16. The lowest BCUT2D eigenvalue weighted by atomic mass is 10.1. The highest BCUT2D eigenvalue weighted by atomic mass is 16.5. The number of nitrogens with zero attached hydrogens (tertiary/aromatic N) is 1. The number of benzene rings is 1. The van der Waals surface area contributed by atoms with Crippen LogP contribution in [0, 0.1) is 0 Å². The van der Waals surface area contributed by atoms with E-state index in [0.717, 1.165) is 29.6 Å². The number of carbonyl (C=O) groups excluding carboxylic acids is 1. The maximum absolute atomic E-state index is 12.6. The van der Waals surface area contributed by atoms with Crippen LogP contribution in [0.1, 0.15) is 30.1 Å². The summed E-state index contributed by atoms with van der Waals surface area (Å²) in [5, 5.41) is 0.928. The minimum absolute atomic E-state index is 0.0817. The Morgan fingerprint density at radius 1 is 1.33 bits per heavy atom. The molecule has 1 atom stereocenters. The molecule has 1 amide bonds. The van der Waals surface area contributed by atoms with Crippen molar-refractivity contribution < 1.29 is 13.9 Å². The number of hydrogen-bond donors (Lipinski definition) is 1. The lowest BCUT2D eigenvalue weighted by Crippen LogP contribution is -2.29. The molecule has 0 aliphatic carbocycles. The SMILES string of the molecule is COc1ccc2cc(CCC(=O)N3CCC(c4ccco4)C3)c(=O)[nH]c2c1. The summed E-state index contributed by atoms with van der Waals surface area (Å²) in [4.78, 5) is 29.6. The number of aromatic amines is 1. The smallest absolute Gasteiger partial charge is 0.251 e. The van der Waals surface area contributed by atoms with Crippen molar-refractivity contribution in [2.24, 2.45) is 0 Å². The van der Waals surface area contributed by atoms with E-state index in [1.54, 1.807) is 19.4 Å². The number of amides is 1. The number of H-pyrrole nitrogens is 1. The molecule has 6 heteroatoms. The second-order valence-electron chi connectivity index (χ2n) is 6.92. The molecule has 2 aromatic heterocycles. The van der Waals surface area contributed by atoms with Crippen LogP contribution in [0.15, 0.2) is 51.9 Å². The molecule has 1 aromatic carbocycles. The van der Waals surface area contributed by atoms with Crippen molar-refractivity contribution in [2.75, 3.05) is 20.2 Å². The maximum atomic E-state index is 12.6. The van der Waals surface area contributed by atoms with Crippen LogP contribution in [-0.4, -0.2) is 36.0 Å². The van der Waals surface area contributed by atoms with Gasteiger partial charge in [-0.3, -0.25) is 9.59 Å². The molecule has 27 heavy (non-hydrogen) atoms. The number of pyridine rings is 1. The predicted octanol–water partition coefficient (Wildman–Crippen LogP) is 3.08. The van der Waals surface area contributed by atoms with Gasteiger partial charge in [-0.15, -0.1) is 0 Å². The molecule has 1 saturated heterocycles. The van der Waals surface area contributed by atoms with Crippen molar-refractivity contribution in [1.82, 2.24) is 9.88 Å². The van der Waals surface area contributed by atoms with Gasteiger partial charge < -0.3 is 19.0 Å². The Morgan fingerprint density at radius 3 is 3.00 bits per heavy atom. The number of nitrogens with one attached hydrogen (secondary N) is 1. The highest BCUT2D eigenvalue weighted by molar-refractivity contribution is 5.81. The van der Waals surface area contributed by atoms with E-state index in [1.807, 2.05) is 35.2 Å². The quantitative estimate of drug-likeness (QED) is 0.753. The molecule has 140 valence electrons. The fraction of sp³-hybridized carbons (Fsp3) is 0.333. The topological polar surface area (TPSA) is 75.5 Å². The first-order valence-corrected chi connectivity index (χ1v) is 9.15. The van der Waals surface area contributed by atoms with Gasteiger partial charge in [0, 0.05) is 37.1 Å². The van der Waals surface area contributed by atoms with Crippen molar-refractivity contribution in [3.8, 4) is 5.75 Å². The van der Waals surface area contributed by atoms with E-state index in [0.29, 0.717) is 30.7 Å². The van der Waals surface area contributed by atoms with E-state index < -0.39 is 0 Å². The summed E-state index contributed by atoms with van der Waals surface area (Å²) in [5.74, 6) is 1.98. The van der Waals surface area contributed by atoms with Crippen LogP contribution in [0.25, 0.3) is 10.9 Å². The molecule has 0 bridgehead atoms. The molecule has 1 aliphatic rings. The third-order valence-corrected chi connectivity index (χ3v) is 5.22. The largest absolute Gasteiger partial charge is 0.497 e. The Hall–Kier alpha value is -3.02. The second kappa shape index (κ2) is 7.31. The van der Waals surface area contributed by atoms with Crippen molar-refractivity contribution in [1.29, 1.82) is 0 Å². The highest BCUT2D eigenvalue weighted by Gasteiger charge is 2.28. The molecular formula is C21H22N2O4. The Bertz CT molecular complexity index is 1010. The van der Waals surface area contributed by atoms with Gasteiger partial charge in [-0.1, -0.05) is 0 Å². The Balaban J connectivity index is 1.42. The number of ether oxygens (including phenoxy) is 1. The van der Waals surface area contributed by atoms with Gasteiger partial charge in [0.15, 0.2) is 0 Å². The van der Waals surface area contributed by atoms with E-state index in [2.05, 4.69) is 4.98 Å². The van der Waals surface area contributed by atoms with Crippen molar-refractivity contribution in [3.63, 3.8) is 0 Å². The monoisotopic (exact) mass is 366 g/mol. The first-order chi connectivity index (χ1) is 13.1. The van der Waals surface area contributed by atoms with Crippen molar-refractivity contribution >= 4 is 16.8 Å². The number of rotatable bonds is 5. The summed E-state index contributed by atoms with van der Waals surface area (Å²) in [6.07, 6.45) is 3.34. The summed E-state index contributed by atoms with van der Waals surface area (Å²) in [6.45, 7) is 1.41. The van der Waals surface area contributed by atoms with Gasteiger partial charge in [0.1, 0.15) is 11.5 Å². The first-order valence-electron chi connectivity index (χ1n) is 9.15. The molecule has 1 N–H and O–H groups in total. The first kappa shape index (κ1) is 17.4. The van der Waals surface area contributed by atoms with Gasteiger partial charge in [-0.2, -0.15) is 0 Å². The van der Waals surface area contributed by atoms with E-state index in [1.165, 1.54) is 0 Å². The molecule has 0 saturated carbocycles. The summed E-state index contributed by atoms with van der Waals surface area (Å²) in [6, 6.07) is 11.3. The number of likely N-dealkylation sites (tertiary alicyclic amines) is 1. The maximum Gasteiger partial charge on any atom is 0.251 e. The zero-order valence-electron chi connectivity index (χ0n) is 15.2. The molecule has 0 spiro atoms. The Labute approximate surface area is 156 Å². The summed E-state index contributed by atoms with van der Waals surface area (Å²) in [7, 11) is 1.59. The zero-order valence-corrected chi connectivity index (χ0v) is 15.2. The van der Waals surface area contributed by atoms with Gasteiger partial charge >= 0.3 is 0 Å². The molecule has 3 aromatic rings. The molecular weight excluding hydrogens is 344 g/mol. The van der Waals surface area contributed by atoms with Crippen LogP contribution in [0.4, 0.5) is 0 Å². The van der Waals surface area contributed by atoms with Crippen LogP contribution in [0.3, 0.4) is 0 Å². The number of aryl methyl sites for hydroxylation is 1. The van der Waals surface area contributed by atoms with Crippen LogP contribution in [-0.2, 0) is 11.2 Å². The van der Waals surface area contributed by atoms with E-state index >= 15 is 0 Å². The Morgan fingerprint density at radius 2 is 2.22 bits per heavy atom. The third-order valence-electron chi connectivity index (χ3n) is 5.22. The van der Waals surface area contributed by atoms with E-state index in [-0.39, 0.29) is 17.4 Å². The van der Waals surface area contributed by atoms with Crippen molar-refractivity contribution in [2.45, 2.75) is 25.2 Å². The zero-order chi connectivity index (χ0) is 18.8. The standard InChI is InChI=1S/C21H22N2O4/c1-26-17-6-4-14-11-15(21(25)22-18(14)12-17)5-7-20(24)23-9-8-16(13-23)19-3-2-10-27-19/h2-4,6,10-12,16H,5,7-9,13H2,1H3,(H,22,25). The van der Waals surface area contributed by atoms with Crippen LogP contribution in [0.2, 0.25) is 0 Å². The van der Waals surface area contributed by atoms with Gasteiger partial charge in [0.2, 0.25) is 5.91 Å². The Kier molecular flexibility index (Phi) is 4.71.